The lowest BCUT2D eigenvalue weighted by molar-refractivity contribution is 0.0744. The molecule has 23 heavy (non-hydrogen) atoms. The Kier molecular flexibility index (Phi) is 4.52. The zero-order chi connectivity index (χ0) is 16.4. The number of nitrogens with zero attached hydrogens (tertiary/aromatic N) is 4. The topological polar surface area (TPSA) is 54.5 Å². The summed E-state index contributed by atoms with van der Waals surface area (Å²) in [5.41, 5.74) is 2.82. The molecule has 6 nitrogen and oxygen atoms in total. The van der Waals surface area contributed by atoms with E-state index in [1.807, 2.05) is 11.2 Å². The normalized spacial score (nSPS) is 15.1. The van der Waals surface area contributed by atoms with Crippen LogP contribution >= 0.6 is 0 Å². The predicted molar refractivity (Wildman–Crippen MR) is 86.9 cm³/mol. The van der Waals surface area contributed by atoms with E-state index in [1.54, 1.807) is 12.3 Å². The Hall–Kier alpha value is -2.08. The van der Waals surface area contributed by atoms with Gasteiger partial charge in [0, 0.05) is 25.7 Å². The lowest BCUT2D eigenvalue weighted by atomic mass is 10.2. The largest absolute Gasteiger partial charge is 0.472 e. The van der Waals surface area contributed by atoms with Crippen molar-refractivity contribution in [3.05, 3.63) is 41.9 Å². The van der Waals surface area contributed by atoms with Crippen molar-refractivity contribution in [1.82, 2.24) is 19.4 Å². The molecule has 0 aromatic carbocycles. The van der Waals surface area contributed by atoms with Crippen LogP contribution in [0, 0.1) is 0 Å². The van der Waals surface area contributed by atoms with Gasteiger partial charge in [0.1, 0.15) is 6.26 Å². The van der Waals surface area contributed by atoms with Gasteiger partial charge in [-0.3, -0.25) is 9.69 Å². The van der Waals surface area contributed by atoms with Crippen LogP contribution in [0.2, 0.25) is 0 Å². The van der Waals surface area contributed by atoms with Crippen LogP contribution in [0.3, 0.4) is 0 Å². The van der Waals surface area contributed by atoms with Gasteiger partial charge in [-0.2, -0.15) is 0 Å². The number of furan rings is 1. The minimum absolute atomic E-state index is 0.0246. The summed E-state index contributed by atoms with van der Waals surface area (Å²) in [4.78, 5) is 21.3. The molecule has 3 heterocycles. The second-order valence-corrected chi connectivity index (χ2v) is 6.43. The van der Waals surface area contributed by atoms with Crippen LogP contribution in [-0.4, -0.2) is 44.9 Å². The fraction of sp³-hybridized carbons (Fsp3) is 0.529. The van der Waals surface area contributed by atoms with E-state index in [1.165, 1.54) is 6.26 Å². The zero-order valence-electron chi connectivity index (χ0n) is 14.0. The Labute approximate surface area is 136 Å². The van der Waals surface area contributed by atoms with Gasteiger partial charge >= 0.3 is 0 Å². The van der Waals surface area contributed by atoms with E-state index in [-0.39, 0.29) is 5.91 Å². The molecule has 3 rings (SSSR count). The van der Waals surface area contributed by atoms with Gasteiger partial charge in [0.2, 0.25) is 0 Å². The molecule has 0 aliphatic carbocycles. The van der Waals surface area contributed by atoms with Crippen LogP contribution in [0.15, 0.2) is 29.3 Å². The highest BCUT2D eigenvalue weighted by atomic mass is 16.3. The standard InChI is InChI=1S/C17H24N4O2/c1-13(2)19(3)9-15-16-10-20(6-4-7-21(16)12-18-15)17(22)14-5-8-23-11-14/h5,8,11-13H,4,6-7,9-10H2,1-3H3. The number of carbonyl (C=O) groups excluding carboxylic acids is 1. The number of amides is 1. The summed E-state index contributed by atoms with van der Waals surface area (Å²) in [5, 5.41) is 0. The van der Waals surface area contributed by atoms with Crippen LogP contribution in [0.4, 0.5) is 0 Å². The van der Waals surface area contributed by atoms with E-state index in [0.717, 1.165) is 37.4 Å². The molecule has 0 N–H and O–H groups in total. The molecule has 2 aromatic rings. The first-order chi connectivity index (χ1) is 11.1. The molecule has 0 fully saturated rings. The van der Waals surface area contributed by atoms with Crippen LogP contribution in [-0.2, 0) is 19.6 Å². The van der Waals surface area contributed by atoms with Crippen molar-refractivity contribution in [1.29, 1.82) is 0 Å². The van der Waals surface area contributed by atoms with E-state index in [4.69, 9.17) is 4.42 Å². The number of imidazole rings is 1. The molecular weight excluding hydrogens is 292 g/mol. The lowest BCUT2D eigenvalue weighted by Gasteiger charge is -2.22. The number of hydrogen-bond donors (Lipinski definition) is 0. The highest BCUT2D eigenvalue weighted by molar-refractivity contribution is 5.93. The fourth-order valence-electron chi connectivity index (χ4n) is 2.81. The average molecular weight is 316 g/mol. The van der Waals surface area contributed by atoms with Gasteiger partial charge in [-0.1, -0.05) is 0 Å². The Morgan fingerprint density at radius 3 is 2.96 bits per heavy atom. The molecule has 0 atom stereocenters. The summed E-state index contributed by atoms with van der Waals surface area (Å²) in [5.74, 6) is 0.0246. The predicted octanol–water partition coefficient (Wildman–Crippen LogP) is 2.36. The summed E-state index contributed by atoms with van der Waals surface area (Å²) in [6, 6.07) is 2.18. The quantitative estimate of drug-likeness (QED) is 0.869. The van der Waals surface area contributed by atoms with Crippen molar-refractivity contribution in [2.45, 2.75) is 45.9 Å². The summed E-state index contributed by atoms with van der Waals surface area (Å²) in [6.45, 7) is 7.40. The number of aromatic nitrogens is 2. The van der Waals surface area contributed by atoms with E-state index in [9.17, 15) is 4.79 Å². The highest BCUT2D eigenvalue weighted by Crippen LogP contribution is 2.20. The number of rotatable bonds is 4. The maximum absolute atomic E-state index is 12.6. The fourth-order valence-corrected chi connectivity index (χ4v) is 2.81. The summed E-state index contributed by atoms with van der Waals surface area (Å²) >= 11 is 0. The van der Waals surface area contributed by atoms with Crippen LogP contribution in [0.25, 0.3) is 0 Å². The average Bonchev–Trinajstić information content (AvgIpc) is 3.12. The summed E-state index contributed by atoms with van der Waals surface area (Å²) in [6.07, 6.45) is 5.90. The minimum Gasteiger partial charge on any atom is -0.472 e. The van der Waals surface area contributed by atoms with Gasteiger partial charge < -0.3 is 13.9 Å². The van der Waals surface area contributed by atoms with Crippen LogP contribution < -0.4 is 0 Å². The molecule has 0 saturated heterocycles. The maximum Gasteiger partial charge on any atom is 0.257 e. The van der Waals surface area contributed by atoms with Crippen molar-refractivity contribution in [2.24, 2.45) is 0 Å². The van der Waals surface area contributed by atoms with Gasteiger partial charge in [0.05, 0.1) is 36.1 Å². The van der Waals surface area contributed by atoms with Crippen LogP contribution in [0.5, 0.6) is 0 Å². The lowest BCUT2D eigenvalue weighted by Crippen LogP contribution is -2.31. The Morgan fingerprint density at radius 1 is 1.43 bits per heavy atom. The van der Waals surface area contributed by atoms with Crippen LogP contribution in [0.1, 0.15) is 42.0 Å². The maximum atomic E-state index is 12.6. The van der Waals surface area contributed by atoms with Gasteiger partial charge in [-0.05, 0) is 33.4 Å². The smallest absolute Gasteiger partial charge is 0.257 e. The first kappa shape index (κ1) is 15.8. The number of carbonyl (C=O) groups is 1. The molecule has 0 unspecified atom stereocenters. The van der Waals surface area contributed by atoms with Gasteiger partial charge in [-0.15, -0.1) is 0 Å². The molecule has 124 valence electrons. The number of hydrogen-bond acceptors (Lipinski definition) is 4. The molecule has 1 aliphatic rings. The number of fused-ring (bicyclic) bond motifs is 1. The molecule has 2 aromatic heterocycles. The molecule has 0 bridgehead atoms. The van der Waals surface area contributed by atoms with Gasteiger partial charge in [-0.25, -0.2) is 4.98 Å². The SMILES string of the molecule is CC(C)N(C)Cc1ncn2c1CN(C(=O)c1ccoc1)CCC2. The molecule has 6 heteroatoms. The van der Waals surface area contributed by atoms with E-state index < -0.39 is 0 Å². The second kappa shape index (κ2) is 6.58. The number of aryl methyl sites for hydroxylation is 1. The zero-order valence-corrected chi connectivity index (χ0v) is 14.0. The first-order valence-corrected chi connectivity index (χ1v) is 8.11. The van der Waals surface area contributed by atoms with E-state index >= 15 is 0 Å². The minimum atomic E-state index is 0.0246. The third kappa shape index (κ3) is 3.32. The molecule has 0 radical (unpaired) electrons. The Balaban J connectivity index is 1.81. The summed E-state index contributed by atoms with van der Waals surface area (Å²) < 4.78 is 7.23. The van der Waals surface area contributed by atoms with Crippen molar-refractivity contribution < 1.29 is 9.21 Å². The van der Waals surface area contributed by atoms with Gasteiger partial charge in [0.25, 0.3) is 5.91 Å². The van der Waals surface area contributed by atoms with Crippen molar-refractivity contribution in [3.8, 4) is 0 Å². The highest BCUT2D eigenvalue weighted by Gasteiger charge is 2.24. The third-order valence-electron chi connectivity index (χ3n) is 4.54. The first-order valence-electron chi connectivity index (χ1n) is 8.11. The third-order valence-corrected chi connectivity index (χ3v) is 4.54. The van der Waals surface area contributed by atoms with E-state index in [2.05, 4.69) is 35.3 Å². The molecule has 0 spiro atoms. The van der Waals surface area contributed by atoms with Crippen molar-refractivity contribution in [2.75, 3.05) is 13.6 Å². The second-order valence-electron chi connectivity index (χ2n) is 6.43. The van der Waals surface area contributed by atoms with Crippen molar-refractivity contribution in [3.63, 3.8) is 0 Å². The van der Waals surface area contributed by atoms with E-state index in [0.29, 0.717) is 18.2 Å². The van der Waals surface area contributed by atoms with Crippen molar-refractivity contribution >= 4 is 5.91 Å². The Morgan fingerprint density at radius 2 is 2.26 bits per heavy atom. The molecule has 1 aliphatic heterocycles. The van der Waals surface area contributed by atoms with Gasteiger partial charge in [0.15, 0.2) is 0 Å². The molecule has 1 amide bonds. The summed E-state index contributed by atoms with van der Waals surface area (Å²) in [7, 11) is 2.10. The monoisotopic (exact) mass is 316 g/mol. The molecular formula is C17H24N4O2. The molecule has 0 saturated carbocycles. The Bertz CT molecular complexity index is 660.